The van der Waals surface area contributed by atoms with Crippen LogP contribution in [0.1, 0.15) is 65.7 Å². The number of alkyl halides is 3. The van der Waals surface area contributed by atoms with Crippen LogP contribution in [0.15, 0.2) is 29.2 Å². The fourth-order valence-electron chi connectivity index (χ4n) is 3.82. The molecule has 0 saturated heterocycles. The van der Waals surface area contributed by atoms with E-state index in [0.29, 0.717) is 5.69 Å². The lowest BCUT2D eigenvalue weighted by atomic mass is 9.83. The monoisotopic (exact) mass is 521 g/mol. The predicted molar refractivity (Wildman–Crippen MR) is 125 cm³/mol. The second-order valence-electron chi connectivity index (χ2n) is 9.65. The minimum absolute atomic E-state index is 0.0585. The molecule has 3 N–H and O–H groups in total. The van der Waals surface area contributed by atoms with Crippen LogP contribution < -0.4 is 15.4 Å². The first-order valence-electron chi connectivity index (χ1n) is 11.6. The number of benzene rings is 1. The van der Waals surface area contributed by atoms with E-state index in [1.165, 1.54) is 24.3 Å². The van der Waals surface area contributed by atoms with E-state index >= 15 is 0 Å². The van der Waals surface area contributed by atoms with Gasteiger partial charge in [0.25, 0.3) is 0 Å². The van der Waals surface area contributed by atoms with Gasteiger partial charge in [-0.05, 0) is 70.2 Å². The van der Waals surface area contributed by atoms with Crippen molar-refractivity contribution in [1.29, 1.82) is 0 Å². The topological polar surface area (TPSA) is 114 Å². The van der Waals surface area contributed by atoms with E-state index in [1.54, 1.807) is 20.8 Å². The second kappa shape index (κ2) is 12.1. The Balaban J connectivity index is 2.03. The van der Waals surface area contributed by atoms with Crippen LogP contribution in [0.25, 0.3) is 0 Å². The standard InChI is InChI=1S/C23H34F3N3O5S/c1-22(2,3)34-21(31)29-19(16-8-5-4-6-9-16)20(30)28-17-10-12-18(13-11-17)35(32,33)27-15-7-14-23(24,25)26/h10-13,16,19,27H,4-9,14-15H2,1-3H3,(H,28,30)(H,29,31)/t19-/m0/s1. The number of hydrogen-bond acceptors (Lipinski definition) is 5. The summed E-state index contributed by atoms with van der Waals surface area (Å²) in [5.41, 5.74) is -0.405. The van der Waals surface area contributed by atoms with E-state index < -0.39 is 46.3 Å². The minimum atomic E-state index is -4.35. The number of carbonyl (C=O) groups excluding carboxylic acids is 2. The van der Waals surface area contributed by atoms with Gasteiger partial charge in [0.2, 0.25) is 15.9 Å². The quantitative estimate of drug-likeness (QED) is 0.407. The molecule has 198 valence electrons. The van der Waals surface area contributed by atoms with Crippen molar-refractivity contribution in [1.82, 2.24) is 10.0 Å². The van der Waals surface area contributed by atoms with Crippen molar-refractivity contribution in [2.75, 3.05) is 11.9 Å². The van der Waals surface area contributed by atoms with Gasteiger partial charge in [0, 0.05) is 18.7 Å². The summed E-state index contributed by atoms with van der Waals surface area (Å²) in [4.78, 5) is 25.2. The van der Waals surface area contributed by atoms with Crippen LogP contribution in [0.2, 0.25) is 0 Å². The highest BCUT2D eigenvalue weighted by Crippen LogP contribution is 2.28. The van der Waals surface area contributed by atoms with Gasteiger partial charge in [-0.3, -0.25) is 4.79 Å². The summed E-state index contributed by atoms with van der Waals surface area (Å²) in [6, 6.07) is 4.45. The van der Waals surface area contributed by atoms with Crippen molar-refractivity contribution in [3.8, 4) is 0 Å². The Morgan fingerprint density at radius 1 is 1.06 bits per heavy atom. The van der Waals surface area contributed by atoms with Crippen molar-refractivity contribution in [3.05, 3.63) is 24.3 Å². The molecule has 0 aliphatic heterocycles. The smallest absolute Gasteiger partial charge is 0.408 e. The fraction of sp³-hybridized carbons (Fsp3) is 0.652. The van der Waals surface area contributed by atoms with E-state index in [2.05, 4.69) is 15.4 Å². The van der Waals surface area contributed by atoms with E-state index in [9.17, 15) is 31.2 Å². The molecule has 35 heavy (non-hydrogen) atoms. The predicted octanol–water partition coefficient (Wildman–Crippen LogP) is 4.72. The van der Waals surface area contributed by atoms with Gasteiger partial charge < -0.3 is 15.4 Å². The van der Waals surface area contributed by atoms with Gasteiger partial charge in [-0.2, -0.15) is 13.2 Å². The molecular weight excluding hydrogens is 487 g/mol. The molecule has 1 fully saturated rings. The third-order valence-electron chi connectivity index (χ3n) is 5.44. The molecule has 0 radical (unpaired) electrons. The summed E-state index contributed by atoms with van der Waals surface area (Å²) in [5, 5.41) is 5.38. The lowest BCUT2D eigenvalue weighted by Crippen LogP contribution is -2.50. The highest BCUT2D eigenvalue weighted by Gasteiger charge is 2.32. The Kier molecular flexibility index (Phi) is 9.96. The molecule has 1 saturated carbocycles. The molecule has 1 aromatic carbocycles. The maximum atomic E-state index is 13.0. The molecule has 1 aromatic rings. The lowest BCUT2D eigenvalue weighted by Gasteiger charge is -2.31. The van der Waals surface area contributed by atoms with E-state index in [1.807, 2.05) is 0 Å². The number of ether oxygens (including phenoxy) is 1. The van der Waals surface area contributed by atoms with Crippen LogP contribution in [-0.2, 0) is 19.6 Å². The zero-order chi connectivity index (χ0) is 26.3. The first kappa shape index (κ1) is 28.9. The Bertz CT molecular complexity index is 954. The van der Waals surface area contributed by atoms with Crippen molar-refractivity contribution in [3.63, 3.8) is 0 Å². The number of rotatable bonds is 9. The summed E-state index contributed by atoms with van der Waals surface area (Å²) in [7, 11) is -3.99. The van der Waals surface area contributed by atoms with Crippen molar-refractivity contribution in [2.45, 2.75) is 88.4 Å². The molecule has 1 aliphatic rings. The van der Waals surface area contributed by atoms with E-state index in [-0.39, 0.29) is 23.8 Å². The van der Waals surface area contributed by atoms with Crippen LogP contribution in [0, 0.1) is 5.92 Å². The largest absolute Gasteiger partial charge is 0.444 e. The number of carbonyl (C=O) groups is 2. The Morgan fingerprint density at radius 3 is 2.20 bits per heavy atom. The maximum Gasteiger partial charge on any atom is 0.408 e. The summed E-state index contributed by atoms with van der Waals surface area (Å²) >= 11 is 0. The number of nitrogens with one attached hydrogen (secondary N) is 3. The average Bonchev–Trinajstić information content (AvgIpc) is 2.74. The van der Waals surface area contributed by atoms with Gasteiger partial charge in [-0.15, -0.1) is 0 Å². The molecule has 0 aromatic heterocycles. The summed E-state index contributed by atoms with van der Waals surface area (Å²) in [5.74, 6) is -0.500. The summed E-state index contributed by atoms with van der Waals surface area (Å²) in [6.07, 6.45) is -1.96. The van der Waals surface area contributed by atoms with Gasteiger partial charge >= 0.3 is 12.3 Å². The van der Waals surface area contributed by atoms with Crippen molar-refractivity contribution in [2.24, 2.45) is 5.92 Å². The number of hydrogen-bond donors (Lipinski definition) is 3. The third-order valence-corrected chi connectivity index (χ3v) is 6.91. The van der Waals surface area contributed by atoms with Crippen LogP contribution in [0.4, 0.5) is 23.7 Å². The minimum Gasteiger partial charge on any atom is -0.444 e. The number of alkyl carbamates (subject to hydrolysis) is 1. The molecule has 1 aliphatic carbocycles. The number of sulfonamides is 1. The zero-order valence-corrected chi connectivity index (χ0v) is 21.0. The molecule has 2 rings (SSSR count). The Morgan fingerprint density at radius 2 is 1.66 bits per heavy atom. The first-order valence-corrected chi connectivity index (χ1v) is 13.1. The summed E-state index contributed by atoms with van der Waals surface area (Å²) < 4.78 is 68.7. The first-order chi connectivity index (χ1) is 16.2. The molecule has 2 amide bonds. The molecule has 1 atom stereocenters. The fourth-order valence-corrected chi connectivity index (χ4v) is 4.89. The third kappa shape index (κ3) is 10.4. The average molecular weight is 522 g/mol. The highest BCUT2D eigenvalue weighted by atomic mass is 32.2. The van der Waals surface area contributed by atoms with Gasteiger partial charge in [0.05, 0.1) is 4.90 Å². The number of anilines is 1. The molecule has 8 nitrogen and oxygen atoms in total. The Hall–Kier alpha value is -2.34. The second-order valence-corrected chi connectivity index (χ2v) is 11.4. The SMILES string of the molecule is CC(C)(C)OC(=O)N[C@H](C(=O)Nc1ccc(S(=O)(=O)NCCCC(F)(F)F)cc1)C1CCCCC1. The van der Waals surface area contributed by atoms with Crippen molar-refractivity contribution >= 4 is 27.7 Å². The van der Waals surface area contributed by atoms with Gasteiger partial charge in [0.15, 0.2) is 0 Å². The molecule has 0 heterocycles. The highest BCUT2D eigenvalue weighted by molar-refractivity contribution is 7.89. The molecule has 0 unspecified atom stereocenters. The van der Waals surface area contributed by atoms with Gasteiger partial charge in [0.1, 0.15) is 11.6 Å². The normalized spacial score (nSPS) is 16.4. The molecule has 0 spiro atoms. The van der Waals surface area contributed by atoms with Crippen LogP contribution in [-0.4, -0.2) is 44.8 Å². The molecular formula is C23H34F3N3O5S. The van der Waals surface area contributed by atoms with Crippen LogP contribution in [0.3, 0.4) is 0 Å². The summed E-state index contributed by atoms with van der Waals surface area (Å²) in [6.45, 7) is 4.83. The van der Waals surface area contributed by atoms with Crippen LogP contribution >= 0.6 is 0 Å². The van der Waals surface area contributed by atoms with Gasteiger partial charge in [-0.25, -0.2) is 17.9 Å². The maximum absolute atomic E-state index is 13.0. The van der Waals surface area contributed by atoms with Gasteiger partial charge in [-0.1, -0.05) is 19.3 Å². The Labute approximate surface area is 204 Å². The zero-order valence-electron chi connectivity index (χ0n) is 20.2. The van der Waals surface area contributed by atoms with E-state index in [4.69, 9.17) is 4.74 Å². The number of halogens is 3. The molecule has 12 heteroatoms. The lowest BCUT2D eigenvalue weighted by molar-refractivity contribution is -0.135. The van der Waals surface area contributed by atoms with Crippen molar-refractivity contribution < 1.29 is 35.9 Å². The molecule has 0 bridgehead atoms. The number of amides is 2. The van der Waals surface area contributed by atoms with E-state index in [0.717, 1.165) is 32.1 Å². The van der Waals surface area contributed by atoms with Crippen LogP contribution in [0.5, 0.6) is 0 Å².